The Morgan fingerprint density at radius 3 is 2.60 bits per heavy atom. The van der Waals surface area contributed by atoms with E-state index in [0.717, 1.165) is 0 Å². The number of nitrogens with one attached hydrogen (secondary N) is 1. The first-order valence-electron chi connectivity index (χ1n) is 3.71. The molecule has 0 bridgehead atoms. The lowest BCUT2D eigenvalue weighted by atomic mass is 9.77. The van der Waals surface area contributed by atoms with E-state index in [1.165, 1.54) is 19.3 Å². The van der Waals surface area contributed by atoms with E-state index < -0.39 is 0 Å². The first-order chi connectivity index (χ1) is 4.83. The third-order valence-corrected chi connectivity index (χ3v) is 2.27. The summed E-state index contributed by atoms with van der Waals surface area (Å²) in [6, 6.07) is 0. The van der Waals surface area contributed by atoms with Crippen molar-refractivity contribution in [2.24, 2.45) is 5.73 Å². The van der Waals surface area contributed by atoms with E-state index in [0.29, 0.717) is 13.1 Å². The van der Waals surface area contributed by atoms with Gasteiger partial charge in [0.2, 0.25) is 0 Å². The molecule has 1 rings (SSSR count). The van der Waals surface area contributed by atoms with Gasteiger partial charge < -0.3 is 5.73 Å². The molecule has 2 heteroatoms. The first kappa shape index (κ1) is 7.59. The minimum Gasteiger partial charge on any atom is -0.329 e. The summed E-state index contributed by atoms with van der Waals surface area (Å²) in [5.74, 6) is 2.56. The van der Waals surface area contributed by atoms with Gasteiger partial charge in [0, 0.05) is 12.1 Å². The highest BCUT2D eigenvalue weighted by Gasteiger charge is 2.34. The van der Waals surface area contributed by atoms with E-state index in [4.69, 9.17) is 12.2 Å². The van der Waals surface area contributed by atoms with Crippen LogP contribution in [0.15, 0.2) is 0 Å². The topological polar surface area (TPSA) is 38.0 Å². The predicted molar refractivity (Wildman–Crippen MR) is 42.5 cm³/mol. The maximum Gasteiger partial charge on any atom is 0.0578 e. The molecule has 0 aromatic rings. The summed E-state index contributed by atoms with van der Waals surface area (Å²) in [4.78, 5) is 0. The number of hydrogen-bond acceptors (Lipinski definition) is 2. The van der Waals surface area contributed by atoms with Crippen molar-refractivity contribution in [3.05, 3.63) is 0 Å². The van der Waals surface area contributed by atoms with E-state index in [-0.39, 0.29) is 5.54 Å². The van der Waals surface area contributed by atoms with Gasteiger partial charge in [-0.2, -0.15) is 0 Å². The molecule has 2 nitrogen and oxygen atoms in total. The summed E-state index contributed by atoms with van der Waals surface area (Å²) >= 11 is 0. The van der Waals surface area contributed by atoms with Crippen molar-refractivity contribution in [2.75, 3.05) is 13.1 Å². The second-order valence-electron chi connectivity index (χ2n) is 2.90. The van der Waals surface area contributed by atoms with Gasteiger partial charge in [-0.3, -0.25) is 5.32 Å². The van der Waals surface area contributed by atoms with Crippen LogP contribution in [0.25, 0.3) is 0 Å². The van der Waals surface area contributed by atoms with Gasteiger partial charge in [0.25, 0.3) is 0 Å². The molecule has 0 unspecified atom stereocenters. The van der Waals surface area contributed by atoms with Crippen LogP contribution in [0, 0.1) is 12.3 Å². The van der Waals surface area contributed by atoms with Gasteiger partial charge in [-0.15, -0.1) is 6.42 Å². The third kappa shape index (κ3) is 1.31. The van der Waals surface area contributed by atoms with Crippen LogP contribution in [0.4, 0.5) is 0 Å². The first-order valence-corrected chi connectivity index (χ1v) is 3.71. The maximum atomic E-state index is 5.58. The molecule has 0 radical (unpaired) electrons. The lowest BCUT2D eigenvalue weighted by molar-refractivity contribution is 0.202. The van der Waals surface area contributed by atoms with Gasteiger partial charge in [0.15, 0.2) is 0 Å². The Kier molecular flexibility index (Phi) is 2.31. The standard InChI is InChI=1S/C8H14N2/c1-2-6-10-8(7-9)4-3-5-8/h1,10H,3-7,9H2. The van der Waals surface area contributed by atoms with Gasteiger partial charge in [-0.1, -0.05) is 5.92 Å². The molecule has 0 saturated heterocycles. The van der Waals surface area contributed by atoms with Crippen LogP contribution < -0.4 is 11.1 Å². The molecule has 56 valence electrons. The van der Waals surface area contributed by atoms with Gasteiger partial charge in [-0.05, 0) is 19.3 Å². The molecule has 3 N–H and O–H groups in total. The van der Waals surface area contributed by atoms with Gasteiger partial charge in [0.1, 0.15) is 0 Å². The summed E-state index contributed by atoms with van der Waals surface area (Å²) in [5, 5.41) is 3.27. The molecule has 0 aromatic heterocycles. The van der Waals surface area contributed by atoms with Gasteiger partial charge >= 0.3 is 0 Å². The van der Waals surface area contributed by atoms with Crippen LogP contribution >= 0.6 is 0 Å². The Hall–Kier alpha value is -0.520. The largest absolute Gasteiger partial charge is 0.329 e. The molecule has 0 spiro atoms. The van der Waals surface area contributed by atoms with Crippen molar-refractivity contribution >= 4 is 0 Å². The van der Waals surface area contributed by atoms with Crippen LogP contribution in [0.2, 0.25) is 0 Å². The summed E-state index contributed by atoms with van der Waals surface area (Å²) in [7, 11) is 0. The number of terminal acetylenes is 1. The minimum atomic E-state index is 0.201. The molecule has 0 aromatic carbocycles. The van der Waals surface area contributed by atoms with Gasteiger partial charge in [0.05, 0.1) is 6.54 Å². The number of nitrogens with two attached hydrogens (primary N) is 1. The zero-order chi connectivity index (χ0) is 7.45. The Labute approximate surface area is 62.2 Å². The van der Waals surface area contributed by atoms with Crippen LogP contribution in [-0.4, -0.2) is 18.6 Å². The molecule has 0 amide bonds. The minimum absolute atomic E-state index is 0.201. The molecule has 1 fully saturated rings. The Morgan fingerprint density at radius 1 is 1.60 bits per heavy atom. The smallest absolute Gasteiger partial charge is 0.0578 e. The third-order valence-electron chi connectivity index (χ3n) is 2.27. The van der Waals surface area contributed by atoms with E-state index in [1.54, 1.807) is 0 Å². The SMILES string of the molecule is C#CCNC1(CN)CCC1. The fourth-order valence-electron chi connectivity index (χ4n) is 1.30. The molecular formula is C8H14N2. The molecule has 1 aliphatic carbocycles. The summed E-state index contributed by atoms with van der Waals surface area (Å²) < 4.78 is 0. The van der Waals surface area contributed by atoms with Crippen molar-refractivity contribution in [3.8, 4) is 12.3 Å². The van der Waals surface area contributed by atoms with Gasteiger partial charge in [-0.25, -0.2) is 0 Å². The fraction of sp³-hybridized carbons (Fsp3) is 0.750. The van der Waals surface area contributed by atoms with Crippen LogP contribution in [0.5, 0.6) is 0 Å². The highest BCUT2D eigenvalue weighted by atomic mass is 15.0. The van der Waals surface area contributed by atoms with Crippen molar-refractivity contribution in [1.82, 2.24) is 5.32 Å². The highest BCUT2D eigenvalue weighted by Crippen LogP contribution is 2.30. The van der Waals surface area contributed by atoms with E-state index in [2.05, 4.69) is 11.2 Å². The van der Waals surface area contributed by atoms with Crippen LogP contribution in [0.1, 0.15) is 19.3 Å². The zero-order valence-corrected chi connectivity index (χ0v) is 6.19. The monoisotopic (exact) mass is 138 g/mol. The second-order valence-corrected chi connectivity index (χ2v) is 2.90. The van der Waals surface area contributed by atoms with Crippen molar-refractivity contribution < 1.29 is 0 Å². The number of hydrogen-bond donors (Lipinski definition) is 2. The summed E-state index contributed by atoms with van der Waals surface area (Å²) in [6.45, 7) is 1.37. The van der Waals surface area contributed by atoms with Crippen molar-refractivity contribution in [2.45, 2.75) is 24.8 Å². The van der Waals surface area contributed by atoms with E-state index in [9.17, 15) is 0 Å². The molecular weight excluding hydrogens is 124 g/mol. The predicted octanol–water partition coefficient (Wildman–Crippen LogP) is 0.0906. The Morgan fingerprint density at radius 2 is 2.30 bits per heavy atom. The normalized spacial score (nSPS) is 21.2. The lowest BCUT2D eigenvalue weighted by Gasteiger charge is -2.41. The van der Waals surface area contributed by atoms with E-state index >= 15 is 0 Å². The summed E-state index contributed by atoms with van der Waals surface area (Å²) in [5.41, 5.74) is 5.78. The Bertz CT molecular complexity index is 136. The summed E-state index contributed by atoms with van der Waals surface area (Å²) in [6.07, 6.45) is 8.77. The van der Waals surface area contributed by atoms with Crippen LogP contribution in [-0.2, 0) is 0 Å². The molecule has 0 heterocycles. The molecule has 0 atom stereocenters. The highest BCUT2D eigenvalue weighted by molar-refractivity contribution is 5.00. The molecule has 1 saturated carbocycles. The van der Waals surface area contributed by atoms with Crippen molar-refractivity contribution in [3.63, 3.8) is 0 Å². The van der Waals surface area contributed by atoms with Crippen molar-refractivity contribution in [1.29, 1.82) is 0 Å². The second kappa shape index (κ2) is 3.05. The Balaban J connectivity index is 2.28. The molecule has 0 aliphatic heterocycles. The molecule has 10 heavy (non-hydrogen) atoms. The fourth-order valence-corrected chi connectivity index (χ4v) is 1.30. The van der Waals surface area contributed by atoms with E-state index in [1.807, 2.05) is 0 Å². The lowest BCUT2D eigenvalue weighted by Crippen LogP contribution is -2.56. The van der Waals surface area contributed by atoms with Crippen LogP contribution in [0.3, 0.4) is 0 Å². The maximum absolute atomic E-state index is 5.58. The number of rotatable bonds is 3. The quantitative estimate of drug-likeness (QED) is 0.542. The average molecular weight is 138 g/mol. The zero-order valence-electron chi connectivity index (χ0n) is 6.19. The average Bonchev–Trinajstić information content (AvgIpc) is 1.87. The molecule has 1 aliphatic rings.